The number of hydrogen-bond acceptors (Lipinski definition) is 6. The highest BCUT2D eigenvalue weighted by Crippen LogP contribution is 2.28. The molecule has 0 N–H and O–H groups in total. The number of benzene rings is 2. The van der Waals surface area contributed by atoms with Crippen LogP contribution in [0.4, 0.5) is 4.39 Å². The highest BCUT2D eigenvalue weighted by Gasteiger charge is 2.17. The third kappa shape index (κ3) is 4.50. The molecule has 138 valence electrons. The smallest absolute Gasteiger partial charge is 0.338 e. The summed E-state index contributed by atoms with van der Waals surface area (Å²) < 4.78 is 33.9. The van der Waals surface area contributed by atoms with Crippen LogP contribution in [-0.2, 0) is 4.74 Å². The van der Waals surface area contributed by atoms with Gasteiger partial charge in [-0.15, -0.1) is 0 Å². The second-order valence-electron chi connectivity index (χ2n) is 5.14. The molecule has 2 aromatic carbocycles. The quantitative estimate of drug-likeness (QED) is 0.530. The molecule has 0 aromatic heterocycles. The van der Waals surface area contributed by atoms with Crippen molar-refractivity contribution in [3.8, 4) is 17.2 Å². The molecule has 0 saturated carbocycles. The number of ether oxygens (including phenoxy) is 4. The minimum Gasteiger partial charge on any atom is -0.496 e. The van der Waals surface area contributed by atoms with Crippen LogP contribution < -0.4 is 14.2 Å². The van der Waals surface area contributed by atoms with Crippen LogP contribution in [0.15, 0.2) is 36.4 Å². The summed E-state index contributed by atoms with van der Waals surface area (Å²) in [5.74, 6) is -0.801. The van der Waals surface area contributed by atoms with Crippen molar-refractivity contribution < 1.29 is 32.9 Å². The summed E-state index contributed by atoms with van der Waals surface area (Å²) in [5, 5.41) is 0. The van der Waals surface area contributed by atoms with E-state index in [0.717, 1.165) is 6.07 Å². The molecule has 0 saturated heterocycles. The van der Waals surface area contributed by atoms with Gasteiger partial charge in [0.15, 0.2) is 18.1 Å². The van der Waals surface area contributed by atoms with Crippen LogP contribution in [0.1, 0.15) is 27.6 Å². The summed E-state index contributed by atoms with van der Waals surface area (Å²) in [6, 6.07) is 8.08. The summed E-state index contributed by atoms with van der Waals surface area (Å²) in [4.78, 5) is 24.4. The van der Waals surface area contributed by atoms with Crippen LogP contribution in [0.5, 0.6) is 17.2 Å². The average Bonchev–Trinajstić information content (AvgIpc) is 2.66. The molecular weight excluding hydrogens is 343 g/mol. The average molecular weight is 362 g/mol. The molecule has 0 aliphatic carbocycles. The van der Waals surface area contributed by atoms with Gasteiger partial charge in [-0.1, -0.05) is 0 Å². The largest absolute Gasteiger partial charge is 0.496 e. The molecule has 0 amide bonds. The number of esters is 1. The van der Waals surface area contributed by atoms with Gasteiger partial charge in [0.25, 0.3) is 0 Å². The van der Waals surface area contributed by atoms with Gasteiger partial charge in [0.2, 0.25) is 5.78 Å². The van der Waals surface area contributed by atoms with Gasteiger partial charge in [-0.3, -0.25) is 4.79 Å². The SMILES string of the molecule is CCOc1cc(C(=O)OCC(=O)c2cc(F)ccc2OC)ccc1OC. The maximum Gasteiger partial charge on any atom is 0.338 e. The van der Waals surface area contributed by atoms with E-state index in [2.05, 4.69) is 0 Å². The first-order valence-electron chi connectivity index (χ1n) is 7.84. The molecule has 0 aliphatic rings. The predicted molar refractivity (Wildman–Crippen MR) is 91.7 cm³/mol. The molecule has 2 aromatic rings. The fraction of sp³-hybridized carbons (Fsp3) is 0.263. The van der Waals surface area contributed by atoms with Crippen LogP contribution in [0.25, 0.3) is 0 Å². The van der Waals surface area contributed by atoms with E-state index >= 15 is 0 Å². The van der Waals surface area contributed by atoms with Gasteiger partial charge < -0.3 is 18.9 Å². The molecule has 0 spiro atoms. The van der Waals surface area contributed by atoms with E-state index in [1.807, 2.05) is 0 Å². The molecular formula is C19H19FO6. The molecule has 2 rings (SSSR count). The Morgan fingerprint density at radius 3 is 2.31 bits per heavy atom. The van der Waals surface area contributed by atoms with Gasteiger partial charge in [-0.2, -0.15) is 0 Å². The standard InChI is InChI=1S/C19H19FO6/c1-4-25-18-9-12(5-7-17(18)24-3)19(22)26-11-15(21)14-10-13(20)6-8-16(14)23-2/h5-10H,4,11H2,1-3H3. The molecule has 0 atom stereocenters. The van der Waals surface area contributed by atoms with Crippen molar-refractivity contribution in [2.24, 2.45) is 0 Å². The van der Waals surface area contributed by atoms with Gasteiger partial charge >= 0.3 is 5.97 Å². The molecule has 0 radical (unpaired) electrons. The first-order chi connectivity index (χ1) is 12.5. The van der Waals surface area contributed by atoms with E-state index in [1.54, 1.807) is 13.0 Å². The lowest BCUT2D eigenvalue weighted by Crippen LogP contribution is -2.15. The summed E-state index contributed by atoms with van der Waals surface area (Å²) in [5.41, 5.74) is 0.207. The second kappa shape index (κ2) is 8.84. The minimum atomic E-state index is -0.711. The number of rotatable bonds is 8. The van der Waals surface area contributed by atoms with Gasteiger partial charge in [-0.25, -0.2) is 9.18 Å². The van der Waals surface area contributed by atoms with Gasteiger partial charge in [0, 0.05) is 0 Å². The third-order valence-electron chi connectivity index (χ3n) is 3.50. The minimum absolute atomic E-state index is 0.00466. The Morgan fingerprint density at radius 1 is 0.962 bits per heavy atom. The topological polar surface area (TPSA) is 71.1 Å². The number of ketones is 1. The molecule has 0 fully saturated rings. The second-order valence-corrected chi connectivity index (χ2v) is 5.14. The maximum absolute atomic E-state index is 13.4. The zero-order valence-corrected chi connectivity index (χ0v) is 14.7. The Balaban J connectivity index is 2.10. The lowest BCUT2D eigenvalue weighted by molar-refractivity contribution is 0.0473. The fourth-order valence-corrected chi connectivity index (χ4v) is 2.26. The Morgan fingerprint density at radius 2 is 1.65 bits per heavy atom. The number of hydrogen-bond donors (Lipinski definition) is 0. The predicted octanol–water partition coefficient (Wildman–Crippen LogP) is 3.28. The summed E-state index contributed by atoms with van der Waals surface area (Å²) in [7, 11) is 2.85. The van der Waals surface area contributed by atoms with Crippen LogP contribution >= 0.6 is 0 Å². The van der Waals surface area contributed by atoms with Crippen molar-refractivity contribution in [1.29, 1.82) is 0 Å². The van der Waals surface area contributed by atoms with Crippen LogP contribution in [0, 0.1) is 5.82 Å². The molecule has 0 unspecified atom stereocenters. The Bertz CT molecular complexity index is 803. The van der Waals surface area contributed by atoms with Gasteiger partial charge in [0.05, 0.1) is 32.0 Å². The Kier molecular flexibility index (Phi) is 6.54. The van der Waals surface area contributed by atoms with E-state index < -0.39 is 24.2 Å². The van der Waals surface area contributed by atoms with Crippen molar-refractivity contribution in [2.75, 3.05) is 27.4 Å². The molecule has 0 bridgehead atoms. The monoisotopic (exact) mass is 362 g/mol. The molecule has 7 heteroatoms. The summed E-state index contributed by atoms with van der Waals surface area (Å²) >= 11 is 0. The van der Waals surface area contributed by atoms with E-state index in [9.17, 15) is 14.0 Å². The van der Waals surface area contributed by atoms with Gasteiger partial charge in [0.1, 0.15) is 11.6 Å². The van der Waals surface area contributed by atoms with E-state index in [1.165, 1.54) is 38.5 Å². The molecule has 0 heterocycles. The van der Waals surface area contributed by atoms with Crippen molar-refractivity contribution in [2.45, 2.75) is 6.92 Å². The number of carbonyl (C=O) groups excluding carboxylic acids is 2. The summed E-state index contributed by atoms with van der Waals surface area (Å²) in [6.45, 7) is 1.65. The molecule has 26 heavy (non-hydrogen) atoms. The highest BCUT2D eigenvalue weighted by atomic mass is 19.1. The van der Waals surface area contributed by atoms with Crippen LogP contribution in [0.3, 0.4) is 0 Å². The van der Waals surface area contributed by atoms with Crippen LogP contribution in [0.2, 0.25) is 0 Å². The van der Waals surface area contributed by atoms with Crippen molar-refractivity contribution in [3.05, 3.63) is 53.3 Å². The van der Waals surface area contributed by atoms with E-state index in [0.29, 0.717) is 18.1 Å². The van der Waals surface area contributed by atoms with Crippen LogP contribution in [-0.4, -0.2) is 39.2 Å². The maximum atomic E-state index is 13.4. The Labute approximate surface area is 150 Å². The van der Waals surface area contributed by atoms with Gasteiger partial charge in [-0.05, 0) is 43.3 Å². The summed E-state index contributed by atoms with van der Waals surface area (Å²) in [6.07, 6.45) is 0. The molecule has 0 aliphatic heterocycles. The zero-order chi connectivity index (χ0) is 19.1. The van der Waals surface area contributed by atoms with Crippen molar-refractivity contribution in [1.82, 2.24) is 0 Å². The first-order valence-corrected chi connectivity index (χ1v) is 7.84. The fourth-order valence-electron chi connectivity index (χ4n) is 2.26. The van der Waals surface area contributed by atoms with E-state index in [4.69, 9.17) is 18.9 Å². The number of carbonyl (C=O) groups is 2. The normalized spacial score (nSPS) is 10.2. The number of methoxy groups -OCH3 is 2. The molecule has 6 nitrogen and oxygen atoms in total. The van der Waals surface area contributed by atoms with Crippen molar-refractivity contribution in [3.63, 3.8) is 0 Å². The Hall–Kier alpha value is -3.09. The van der Waals surface area contributed by atoms with Crippen molar-refractivity contribution >= 4 is 11.8 Å². The zero-order valence-electron chi connectivity index (χ0n) is 14.7. The van der Waals surface area contributed by atoms with E-state index in [-0.39, 0.29) is 16.9 Å². The number of Topliss-reactive ketones (excluding diaryl/α,β-unsaturated/α-hetero) is 1. The lowest BCUT2D eigenvalue weighted by atomic mass is 10.1. The lowest BCUT2D eigenvalue weighted by Gasteiger charge is -2.11. The highest BCUT2D eigenvalue weighted by molar-refractivity contribution is 6.01. The number of halogens is 1. The first kappa shape index (κ1) is 19.2. The third-order valence-corrected chi connectivity index (χ3v) is 3.50.